The molecule has 0 heterocycles. The van der Waals surface area contributed by atoms with Gasteiger partial charge in [0, 0.05) is 10.0 Å². The van der Waals surface area contributed by atoms with Crippen molar-refractivity contribution in [2.24, 2.45) is 5.16 Å². The van der Waals surface area contributed by atoms with Crippen LogP contribution in [0.25, 0.3) is 0 Å². The highest BCUT2D eigenvalue weighted by molar-refractivity contribution is 9.10. The summed E-state index contributed by atoms with van der Waals surface area (Å²) in [6.07, 6.45) is 0.831. The lowest BCUT2D eigenvalue weighted by Crippen LogP contribution is -2.01. The first-order valence-electron chi connectivity index (χ1n) is 6.29. The Balaban J connectivity index is 2.06. The van der Waals surface area contributed by atoms with E-state index in [9.17, 15) is 0 Å². The molecular formula is C16H16BrNO. The summed E-state index contributed by atoms with van der Waals surface area (Å²) < 4.78 is 1.04. The fraction of sp³-hybridized carbons (Fsp3) is 0.188. The second kappa shape index (κ2) is 7.10. The topological polar surface area (TPSA) is 21.6 Å². The molecule has 0 radical (unpaired) electrons. The molecule has 2 aromatic carbocycles. The lowest BCUT2D eigenvalue weighted by atomic mass is 10.1. The smallest absolute Gasteiger partial charge is 0.142 e. The van der Waals surface area contributed by atoms with E-state index in [2.05, 4.69) is 28.0 Å². The molecule has 0 saturated carbocycles. The second-order valence-corrected chi connectivity index (χ2v) is 4.98. The van der Waals surface area contributed by atoms with Gasteiger partial charge in [0.05, 0.1) is 5.71 Å². The Morgan fingerprint density at radius 1 is 1.05 bits per heavy atom. The molecule has 0 aliphatic carbocycles. The van der Waals surface area contributed by atoms with E-state index in [1.165, 1.54) is 0 Å². The molecule has 0 spiro atoms. The molecule has 0 saturated heterocycles. The third-order valence-corrected chi connectivity index (χ3v) is 3.46. The summed E-state index contributed by atoms with van der Waals surface area (Å²) in [6.45, 7) is 2.57. The van der Waals surface area contributed by atoms with Crippen LogP contribution in [-0.2, 0) is 11.4 Å². The molecule has 0 N–H and O–H groups in total. The normalized spacial score (nSPS) is 11.4. The van der Waals surface area contributed by atoms with Gasteiger partial charge in [-0.1, -0.05) is 76.5 Å². The van der Waals surface area contributed by atoms with Crippen molar-refractivity contribution < 1.29 is 4.84 Å². The van der Waals surface area contributed by atoms with Gasteiger partial charge in [0.15, 0.2) is 0 Å². The Kier molecular flexibility index (Phi) is 5.16. The van der Waals surface area contributed by atoms with Gasteiger partial charge in [-0.3, -0.25) is 0 Å². The van der Waals surface area contributed by atoms with Crippen molar-refractivity contribution in [1.82, 2.24) is 0 Å². The van der Waals surface area contributed by atoms with E-state index in [0.29, 0.717) is 6.61 Å². The number of nitrogens with zero attached hydrogens (tertiary/aromatic N) is 1. The summed E-state index contributed by atoms with van der Waals surface area (Å²) in [5.41, 5.74) is 3.15. The van der Waals surface area contributed by atoms with Crippen molar-refractivity contribution in [1.29, 1.82) is 0 Å². The summed E-state index contributed by atoms with van der Waals surface area (Å²) in [5.74, 6) is 0. The first kappa shape index (κ1) is 13.8. The minimum Gasteiger partial charge on any atom is -0.391 e. The summed E-state index contributed by atoms with van der Waals surface area (Å²) in [4.78, 5) is 5.45. The van der Waals surface area contributed by atoms with Crippen LogP contribution in [0.4, 0.5) is 0 Å². The van der Waals surface area contributed by atoms with Gasteiger partial charge in [0.1, 0.15) is 6.61 Å². The number of benzene rings is 2. The number of hydrogen-bond donors (Lipinski definition) is 0. The fourth-order valence-corrected chi connectivity index (χ4v) is 2.27. The van der Waals surface area contributed by atoms with Gasteiger partial charge in [-0.05, 0) is 18.1 Å². The van der Waals surface area contributed by atoms with Crippen LogP contribution in [0, 0.1) is 0 Å². The Morgan fingerprint density at radius 3 is 2.42 bits per heavy atom. The molecule has 0 fully saturated rings. The van der Waals surface area contributed by atoms with Gasteiger partial charge in [-0.2, -0.15) is 0 Å². The lowest BCUT2D eigenvalue weighted by Gasteiger charge is -2.06. The molecule has 19 heavy (non-hydrogen) atoms. The van der Waals surface area contributed by atoms with Crippen LogP contribution in [0.3, 0.4) is 0 Å². The maximum atomic E-state index is 5.45. The maximum Gasteiger partial charge on any atom is 0.142 e. The van der Waals surface area contributed by atoms with Gasteiger partial charge in [-0.15, -0.1) is 0 Å². The predicted molar refractivity (Wildman–Crippen MR) is 82.2 cm³/mol. The van der Waals surface area contributed by atoms with E-state index >= 15 is 0 Å². The highest BCUT2D eigenvalue weighted by Gasteiger charge is 2.05. The summed E-state index contributed by atoms with van der Waals surface area (Å²) >= 11 is 3.54. The minimum atomic E-state index is 0.495. The molecule has 0 aliphatic rings. The first-order valence-corrected chi connectivity index (χ1v) is 7.08. The molecule has 2 rings (SSSR count). The van der Waals surface area contributed by atoms with Crippen LogP contribution in [0.2, 0.25) is 0 Å². The van der Waals surface area contributed by atoms with Crippen molar-refractivity contribution in [3.8, 4) is 0 Å². The molecule has 0 unspecified atom stereocenters. The Bertz CT molecular complexity index is 552. The third-order valence-electron chi connectivity index (χ3n) is 2.77. The third kappa shape index (κ3) is 3.93. The molecular weight excluding hydrogens is 302 g/mol. The molecule has 0 bridgehead atoms. The van der Waals surface area contributed by atoms with E-state index in [0.717, 1.165) is 27.7 Å². The van der Waals surface area contributed by atoms with E-state index < -0.39 is 0 Å². The van der Waals surface area contributed by atoms with Crippen LogP contribution < -0.4 is 0 Å². The molecule has 2 aromatic rings. The predicted octanol–water partition coefficient (Wildman–Crippen LogP) is 4.78. The van der Waals surface area contributed by atoms with Gasteiger partial charge >= 0.3 is 0 Å². The Labute approximate surface area is 122 Å². The highest BCUT2D eigenvalue weighted by Crippen LogP contribution is 2.18. The molecule has 0 atom stereocenters. The maximum absolute atomic E-state index is 5.45. The van der Waals surface area contributed by atoms with Crippen molar-refractivity contribution in [2.45, 2.75) is 20.0 Å². The van der Waals surface area contributed by atoms with Crippen LogP contribution >= 0.6 is 15.9 Å². The summed E-state index contributed by atoms with van der Waals surface area (Å²) in [7, 11) is 0. The van der Waals surface area contributed by atoms with Crippen molar-refractivity contribution in [3.05, 3.63) is 70.2 Å². The molecule has 3 heteroatoms. The van der Waals surface area contributed by atoms with Crippen molar-refractivity contribution in [2.75, 3.05) is 0 Å². The molecule has 0 amide bonds. The summed E-state index contributed by atoms with van der Waals surface area (Å²) in [6, 6.07) is 18.1. The molecule has 0 aliphatic heterocycles. The monoisotopic (exact) mass is 317 g/mol. The molecule has 98 valence electrons. The van der Waals surface area contributed by atoms with Crippen molar-refractivity contribution in [3.63, 3.8) is 0 Å². The first-order chi connectivity index (χ1) is 9.31. The van der Waals surface area contributed by atoms with Crippen molar-refractivity contribution >= 4 is 21.6 Å². The van der Waals surface area contributed by atoms with Crippen LogP contribution in [0.15, 0.2) is 64.2 Å². The number of rotatable bonds is 5. The lowest BCUT2D eigenvalue weighted by molar-refractivity contribution is 0.130. The van der Waals surface area contributed by atoms with Gasteiger partial charge in [-0.25, -0.2) is 0 Å². The number of halogens is 1. The number of hydrogen-bond acceptors (Lipinski definition) is 2. The highest BCUT2D eigenvalue weighted by atomic mass is 79.9. The van der Waals surface area contributed by atoms with E-state index in [-0.39, 0.29) is 0 Å². The van der Waals surface area contributed by atoms with Gasteiger partial charge in [0.25, 0.3) is 0 Å². The zero-order valence-electron chi connectivity index (χ0n) is 10.8. The average molecular weight is 318 g/mol. The quantitative estimate of drug-likeness (QED) is 0.574. The SMILES string of the molecule is CCC(=NOCc1ccccc1)c1ccccc1Br. The van der Waals surface area contributed by atoms with Gasteiger partial charge < -0.3 is 4.84 Å². The van der Waals surface area contributed by atoms with Crippen LogP contribution in [0.1, 0.15) is 24.5 Å². The fourth-order valence-electron chi connectivity index (χ4n) is 1.76. The van der Waals surface area contributed by atoms with Crippen LogP contribution in [-0.4, -0.2) is 5.71 Å². The Morgan fingerprint density at radius 2 is 1.74 bits per heavy atom. The second-order valence-electron chi connectivity index (χ2n) is 4.13. The zero-order chi connectivity index (χ0) is 13.5. The largest absolute Gasteiger partial charge is 0.391 e. The minimum absolute atomic E-state index is 0.495. The summed E-state index contributed by atoms with van der Waals surface area (Å²) in [5, 5.41) is 4.26. The van der Waals surface area contributed by atoms with Crippen LogP contribution in [0.5, 0.6) is 0 Å². The van der Waals surface area contributed by atoms with E-state index in [1.54, 1.807) is 0 Å². The zero-order valence-corrected chi connectivity index (χ0v) is 12.4. The Hall–Kier alpha value is -1.61. The standard InChI is InChI=1S/C16H16BrNO/c1-2-16(14-10-6-7-11-15(14)17)18-19-12-13-8-4-3-5-9-13/h3-11H,2,12H2,1H3. The molecule has 0 aromatic heterocycles. The number of oxime groups is 1. The van der Waals surface area contributed by atoms with E-state index in [1.807, 2.05) is 54.6 Å². The van der Waals surface area contributed by atoms with Gasteiger partial charge in [0.2, 0.25) is 0 Å². The van der Waals surface area contributed by atoms with E-state index in [4.69, 9.17) is 4.84 Å². The molecule has 2 nitrogen and oxygen atoms in total. The average Bonchev–Trinajstić information content (AvgIpc) is 2.46.